The fourth-order valence-corrected chi connectivity index (χ4v) is 3.88. The number of carbonyl (C=O) groups is 2. The Morgan fingerprint density at radius 2 is 1.19 bits per heavy atom. The fourth-order valence-electron chi connectivity index (χ4n) is 3.88. The minimum atomic E-state index is -0.210. The molecule has 1 aromatic rings. The number of ether oxygens (including phenoxy) is 4. The summed E-state index contributed by atoms with van der Waals surface area (Å²) >= 11 is 0. The molecule has 0 amide bonds. The zero-order valence-electron chi connectivity index (χ0n) is 20.6. The molecule has 0 radical (unpaired) electrons. The van der Waals surface area contributed by atoms with Crippen molar-refractivity contribution in [2.24, 2.45) is 0 Å². The van der Waals surface area contributed by atoms with Gasteiger partial charge in [-0.15, -0.1) is 0 Å². The standard InChI is InChI=1S/C25H40O6/c1-9-31-21-17-18(24(2,3)14-10-12-22(26)29-7)20(28-6)16-19(21)25(4,5)15-11-13-23(27)30-8/h16-17H,9-15H2,1-8H3. The van der Waals surface area contributed by atoms with Crippen molar-refractivity contribution in [1.29, 1.82) is 0 Å². The number of carbonyl (C=O) groups excluding carboxylic acids is 2. The monoisotopic (exact) mass is 436 g/mol. The lowest BCUT2D eigenvalue weighted by Gasteiger charge is -2.32. The molecule has 0 aliphatic carbocycles. The van der Waals surface area contributed by atoms with Gasteiger partial charge in [-0.25, -0.2) is 0 Å². The van der Waals surface area contributed by atoms with Crippen LogP contribution < -0.4 is 9.47 Å². The number of methoxy groups -OCH3 is 3. The third kappa shape index (κ3) is 7.75. The van der Waals surface area contributed by atoms with Crippen molar-refractivity contribution in [3.05, 3.63) is 23.3 Å². The van der Waals surface area contributed by atoms with Crippen LogP contribution in [0, 0.1) is 0 Å². The van der Waals surface area contributed by atoms with Gasteiger partial charge in [0.05, 0.1) is 27.9 Å². The molecule has 0 saturated heterocycles. The van der Waals surface area contributed by atoms with E-state index in [0.29, 0.717) is 19.4 Å². The van der Waals surface area contributed by atoms with Gasteiger partial charge in [0.25, 0.3) is 0 Å². The molecule has 0 aliphatic heterocycles. The Morgan fingerprint density at radius 3 is 1.58 bits per heavy atom. The van der Waals surface area contributed by atoms with Crippen molar-refractivity contribution in [3.63, 3.8) is 0 Å². The molecule has 0 saturated carbocycles. The van der Waals surface area contributed by atoms with E-state index in [1.807, 2.05) is 6.92 Å². The van der Waals surface area contributed by atoms with Gasteiger partial charge in [0.1, 0.15) is 11.5 Å². The van der Waals surface area contributed by atoms with Crippen molar-refractivity contribution >= 4 is 11.9 Å². The van der Waals surface area contributed by atoms with Gasteiger partial charge in [-0.2, -0.15) is 0 Å². The molecule has 0 N–H and O–H groups in total. The van der Waals surface area contributed by atoms with Gasteiger partial charge in [-0.1, -0.05) is 27.7 Å². The highest BCUT2D eigenvalue weighted by atomic mass is 16.5. The molecule has 1 rings (SSSR count). The molecule has 0 spiro atoms. The van der Waals surface area contributed by atoms with Gasteiger partial charge in [-0.05, 0) is 55.6 Å². The molecular weight excluding hydrogens is 396 g/mol. The van der Waals surface area contributed by atoms with Crippen molar-refractivity contribution in [1.82, 2.24) is 0 Å². The Labute approximate surface area is 187 Å². The average Bonchev–Trinajstić information content (AvgIpc) is 2.72. The predicted molar refractivity (Wildman–Crippen MR) is 122 cm³/mol. The molecule has 31 heavy (non-hydrogen) atoms. The van der Waals surface area contributed by atoms with Crippen LogP contribution in [0.2, 0.25) is 0 Å². The topological polar surface area (TPSA) is 71.1 Å². The third-order valence-electron chi connectivity index (χ3n) is 5.88. The van der Waals surface area contributed by atoms with E-state index in [1.165, 1.54) is 14.2 Å². The first kappa shape index (κ1) is 26.8. The Bertz CT molecular complexity index is 736. The number of hydrogen-bond donors (Lipinski definition) is 0. The average molecular weight is 437 g/mol. The van der Waals surface area contributed by atoms with E-state index in [1.54, 1.807) is 7.11 Å². The molecule has 0 unspecified atom stereocenters. The first-order valence-electron chi connectivity index (χ1n) is 11.0. The fraction of sp³-hybridized carbons (Fsp3) is 0.680. The Kier molecular flexibility index (Phi) is 10.3. The Balaban J connectivity index is 3.23. The van der Waals surface area contributed by atoms with Crippen LogP contribution >= 0.6 is 0 Å². The number of benzene rings is 1. The lowest BCUT2D eigenvalue weighted by molar-refractivity contribution is -0.141. The molecule has 0 fully saturated rings. The molecule has 0 aliphatic rings. The van der Waals surface area contributed by atoms with Gasteiger partial charge in [0, 0.05) is 24.0 Å². The van der Waals surface area contributed by atoms with Gasteiger partial charge in [0.2, 0.25) is 0 Å². The maximum atomic E-state index is 11.5. The first-order chi connectivity index (χ1) is 14.5. The normalized spacial score (nSPS) is 11.7. The second-order valence-electron chi connectivity index (χ2n) is 9.11. The summed E-state index contributed by atoms with van der Waals surface area (Å²) in [5, 5.41) is 0. The first-order valence-corrected chi connectivity index (χ1v) is 11.0. The Hall–Kier alpha value is -2.24. The molecular formula is C25H40O6. The van der Waals surface area contributed by atoms with Crippen LogP contribution in [-0.2, 0) is 29.9 Å². The van der Waals surface area contributed by atoms with E-state index in [9.17, 15) is 9.59 Å². The lowest BCUT2D eigenvalue weighted by Crippen LogP contribution is -2.23. The van der Waals surface area contributed by atoms with Gasteiger partial charge >= 0.3 is 11.9 Å². The second-order valence-corrected chi connectivity index (χ2v) is 9.11. The molecule has 1 aromatic carbocycles. The largest absolute Gasteiger partial charge is 0.496 e. The van der Waals surface area contributed by atoms with Gasteiger partial charge in [-0.3, -0.25) is 9.59 Å². The van der Waals surface area contributed by atoms with Crippen LogP contribution in [0.25, 0.3) is 0 Å². The smallest absolute Gasteiger partial charge is 0.305 e. The van der Waals surface area contributed by atoms with Crippen molar-refractivity contribution in [2.75, 3.05) is 27.9 Å². The molecule has 6 heteroatoms. The summed E-state index contributed by atoms with van der Waals surface area (Å²) in [5.74, 6) is 1.26. The van der Waals surface area contributed by atoms with Crippen LogP contribution in [0.5, 0.6) is 11.5 Å². The van der Waals surface area contributed by atoms with Crippen LogP contribution in [0.1, 0.15) is 84.3 Å². The summed E-state index contributed by atoms with van der Waals surface area (Å²) in [7, 11) is 4.51. The van der Waals surface area contributed by atoms with Crippen LogP contribution in [0.4, 0.5) is 0 Å². The molecule has 0 aromatic heterocycles. The van der Waals surface area contributed by atoms with Crippen molar-refractivity contribution in [3.8, 4) is 11.5 Å². The zero-order valence-corrected chi connectivity index (χ0v) is 20.6. The van der Waals surface area contributed by atoms with E-state index >= 15 is 0 Å². The summed E-state index contributed by atoms with van der Waals surface area (Å²) in [6.45, 7) is 11.1. The molecule has 0 heterocycles. The van der Waals surface area contributed by atoms with Crippen molar-refractivity contribution in [2.45, 2.75) is 84.0 Å². The van der Waals surface area contributed by atoms with Gasteiger partial charge in [0.15, 0.2) is 0 Å². The van der Waals surface area contributed by atoms with Crippen LogP contribution in [0.15, 0.2) is 12.1 Å². The van der Waals surface area contributed by atoms with E-state index < -0.39 is 0 Å². The lowest BCUT2D eigenvalue weighted by atomic mass is 9.75. The number of esters is 2. The van der Waals surface area contributed by atoms with Crippen LogP contribution in [-0.4, -0.2) is 39.9 Å². The maximum absolute atomic E-state index is 11.5. The number of hydrogen-bond acceptors (Lipinski definition) is 6. The predicted octanol–water partition coefficient (Wildman–Crippen LogP) is 5.34. The highest BCUT2D eigenvalue weighted by Crippen LogP contribution is 2.44. The quantitative estimate of drug-likeness (QED) is 0.389. The van der Waals surface area contributed by atoms with E-state index in [0.717, 1.165) is 48.3 Å². The minimum absolute atomic E-state index is 0.192. The summed E-state index contributed by atoms with van der Waals surface area (Å²) < 4.78 is 21.4. The summed E-state index contributed by atoms with van der Waals surface area (Å²) in [5.41, 5.74) is 1.70. The Morgan fingerprint density at radius 1 is 0.774 bits per heavy atom. The van der Waals surface area contributed by atoms with Crippen LogP contribution in [0.3, 0.4) is 0 Å². The zero-order chi connectivity index (χ0) is 23.7. The van der Waals surface area contributed by atoms with Crippen molar-refractivity contribution < 1.29 is 28.5 Å². The molecule has 176 valence electrons. The van der Waals surface area contributed by atoms with Gasteiger partial charge < -0.3 is 18.9 Å². The highest BCUT2D eigenvalue weighted by molar-refractivity contribution is 5.69. The third-order valence-corrected chi connectivity index (χ3v) is 5.88. The summed E-state index contributed by atoms with van der Waals surface area (Å²) in [6.07, 6.45) is 3.87. The van der Waals surface area contributed by atoms with E-state index in [4.69, 9.17) is 18.9 Å². The van der Waals surface area contributed by atoms with E-state index in [-0.39, 0.29) is 22.8 Å². The minimum Gasteiger partial charge on any atom is -0.496 e. The molecule has 6 nitrogen and oxygen atoms in total. The summed E-state index contributed by atoms with van der Waals surface area (Å²) in [6, 6.07) is 4.15. The molecule has 0 atom stereocenters. The molecule has 0 bridgehead atoms. The summed E-state index contributed by atoms with van der Waals surface area (Å²) in [4.78, 5) is 23.0. The SMILES string of the molecule is CCOc1cc(C(C)(C)CCCC(=O)OC)c(OC)cc1C(C)(C)CCCC(=O)OC. The highest BCUT2D eigenvalue weighted by Gasteiger charge is 2.31. The second kappa shape index (κ2) is 12.0. The van der Waals surface area contributed by atoms with E-state index in [2.05, 4.69) is 39.8 Å². The maximum Gasteiger partial charge on any atom is 0.305 e. The number of rotatable bonds is 13.